The van der Waals surface area contributed by atoms with E-state index in [1.807, 2.05) is 31.2 Å². The van der Waals surface area contributed by atoms with E-state index in [9.17, 15) is 0 Å². The van der Waals surface area contributed by atoms with Crippen LogP contribution in [0.4, 0.5) is 5.82 Å². The molecule has 0 saturated heterocycles. The van der Waals surface area contributed by atoms with Crippen molar-refractivity contribution >= 4 is 5.82 Å². The van der Waals surface area contributed by atoms with E-state index in [-0.39, 0.29) is 0 Å². The minimum Gasteiger partial charge on any atom is -0.496 e. The number of benzene rings is 1. The molecule has 1 heterocycles. The molecule has 0 amide bonds. The third-order valence-electron chi connectivity index (χ3n) is 2.81. The summed E-state index contributed by atoms with van der Waals surface area (Å²) in [6, 6.07) is 7.89. The van der Waals surface area contributed by atoms with Gasteiger partial charge in [-0.15, -0.1) is 0 Å². The Balaban J connectivity index is 2.35. The molecule has 0 fully saturated rings. The van der Waals surface area contributed by atoms with Gasteiger partial charge in [0.05, 0.1) is 12.7 Å². The summed E-state index contributed by atoms with van der Waals surface area (Å²) in [5.74, 6) is 2.32. The molecule has 2 aromatic rings. The van der Waals surface area contributed by atoms with Crippen LogP contribution in [0.25, 0.3) is 11.4 Å². The van der Waals surface area contributed by atoms with E-state index in [1.54, 1.807) is 13.3 Å². The van der Waals surface area contributed by atoms with Gasteiger partial charge in [-0.2, -0.15) is 0 Å². The Morgan fingerprint density at radius 2 is 2.11 bits per heavy atom. The highest BCUT2D eigenvalue weighted by atomic mass is 16.5. The second-order valence-corrected chi connectivity index (χ2v) is 4.40. The number of nitrogens with one attached hydrogen (secondary N) is 1. The fourth-order valence-corrected chi connectivity index (χ4v) is 1.82. The van der Waals surface area contributed by atoms with E-state index in [0.29, 0.717) is 5.82 Å². The van der Waals surface area contributed by atoms with Crippen molar-refractivity contribution in [3.8, 4) is 17.1 Å². The van der Waals surface area contributed by atoms with Gasteiger partial charge in [0, 0.05) is 12.7 Å². The number of methoxy groups -OCH3 is 1. The molecule has 19 heavy (non-hydrogen) atoms. The zero-order chi connectivity index (χ0) is 13.7. The summed E-state index contributed by atoms with van der Waals surface area (Å²) < 4.78 is 5.40. The van der Waals surface area contributed by atoms with Gasteiger partial charge in [0.25, 0.3) is 0 Å². The van der Waals surface area contributed by atoms with Crippen LogP contribution in [0.2, 0.25) is 0 Å². The lowest BCUT2D eigenvalue weighted by molar-refractivity contribution is 0.416. The average Bonchev–Trinajstić information content (AvgIpc) is 2.45. The molecule has 100 valence electrons. The molecule has 1 aromatic carbocycles. The predicted octanol–water partition coefficient (Wildman–Crippen LogP) is 3.28. The standard InChI is InChI=1S/C15H19N3O/c1-4-8-16-14-7-9-17-15(18-14)12-6-5-11(2)10-13(12)19-3/h5-7,9-10H,4,8H2,1-3H3,(H,16,17,18). The van der Waals surface area contributed by atoms with Crippen LogP contribution in [-0.4, -0.2) is 23.6 Å². The van der Waals surface area contributed by atoms with Gasteiger partial charge in [-0.05, 0) is 37.1 Å². The van der Waals surface area contributed by atoms with E-state index in [0.717, 1.165) is 35.7 Å². The third-order valence-corrected chi connectivity index (χ3v) is 2.81. The third kappa shape index (κ3) is 3.22. The van der Waals surface area contributed by atoms with Crippen LogP contribution in [0.15, 0.2) is 30.5 Å². The molecule has 0 unspecified atom stereocenters. The lowest BCUT2D eigenvalue weighted by Gasteiger charge is -2.10. The molecule has 0 atom stereocenters. The monoisotopic (exact) mass is 257 g/mol. The van der Waals surface area contributed by atoms with Crippen molar-refractivity contribution in [2.75, 3.05) is 19.0 Å². The van der Waals surface area contributed by atoms with Crippen LogP contribution in [0.3, 0.4) is 0 Å². The van der Waals surface area contributed by atoms with Gasteiger partial charge in [-0.25, -0.2) is 9.97 Å². The highest BCUT2D eigenvalue weighted by molar-refractivity contribution is 5.65. The Morgan fingerprint density at radius 3 is 2.84 bits per heavy atom. The molecule has 4 nitrogen and oxygen atoms in total. The number of nitrogens with zero attached hydrogens (tertiary/aromatic N) is 2. The number of aryl methyl sites for hydroxylation is 1. The minimum atomic E-state index is 0.679. The maximum absolute atomic E-state index is 5.40. The van der Waals surface area contributed by atoms with Crippen LogP contribution in [-0.2, 0) is 0 Å². The van der Waals surface area contributed by atoms with Gasteiger partial charge in [0.15, 0.2) is 5.82 Å². The Hall–Kier alpha value is -2.10. The topological polar surface area (TPSA) is 47.0 Å². The summed E-state index contributed by atoms with van der Waals surface area (Å²) in [5.41, 5.74) is 2.06. The molecule has 0 aliphatic rings. The van der Waals surface area contributed by atoms with Crippen molar-refractivity contribution in [3.05, 3.63) is 36.0 Å². The number of hydrogen-bond donors (Lipinski definition) is 1. The molecular weight excluding hydrogens is 238 g/mol. The normalized spacial score (nSPS) is 10.3. The van der Waals surface area contributed by atoms with Crippen LogP contribution in [0.1, 0.15) is 18.9 Å². The van der Waals surface area contributed by atoms with Gasteiger partial charge in [-0.3, -0.25) is 0 Å². The molecule has 0 aliphatic carbocycles. The number of ether oxygens (including phenoxy) is 1. The van der Waals surface area contributed by atoms with Crippen molar-refractivity contribution in [3.63, 3.8) is 0 Å². The fraction of sp³-hybridized carbons (Fsp3) is 0.333. The molecule has 0 bridgehead atoms. The number of anilines is 1. The molecule has 1 aromatic heterocycles. The van der Waals surface area contributed by atoms with Crippen LogP contribution < -0.4 is 10.1 Å². The first-order chi connectivity index (χ1) is 9.24. The van der Waals surface area contributed by atoms with E-state index >= 15 is 0 Å². The van der Waals surface area contributed by atoms with Gasteiger partial charge in [0.1, 0.15) is 11.6 Å². The Labute approximate surface area is 113 Å². The molecule has 0 aliphatic heterocycles. The van der Waals surface area contributed by atoms with Crippen LogP contribution in [0.5, 0.6) is 5.75 Å². The Morgan fingerprint density at radius 1 is 1.26 bits per heavy atom. The minimum absolute atomic E-state index is 0.679. The molecule has 0 saturated carbocycles. The number of aromatic nitrogens is 2. The summed E-state index contributed by atoms with van der Waals surface area (Å²) in [6.45, 7) is 5.06. The first kappa shape index (κ1) is 13.3. The van der Waals surface area contributed by atoms with Gasteiger partial charge >= 0.3 is 0 Å². The van der Waals surface area contributed by atoms with E-state index < -0.39 is 0 Å². The molecule has 1 N–H and O–H groups in total. The lowest BCUT2D eigenvalue weighted by Crippen LogP contribution is -2.03. The summed E-state index contributed by atoms with van der Waals surface area (Å²) in [5, 5.41) is 3.26. The first-order valence-corrected chi connectivity index (χ1v) is 6.46. The zero-order valence-corrected chi connectivity index (χ0v) is 11.6. The fourth-order valence-electron chi connectivity index (χ4n) is 1.82. The summed E-state index contributed by atoms with van der Waals surface area (Å²) in [7, 11) is 1.66. The molecule has 0 spiro atoms. The van der Waals surface area contributed by atoms with Crippen LogP contribution >= 0.6 is 0 Å². The molecule has 0 radical (unpaired) electrons. The lowest BCUT2D eigenvalue weighted by atomic mass is 10.1. The maximum Gasteiger partial charge on any atom is 0.165 e. The van der Waals surface area contributed by atoms with Crippen molar-refractivity contribution in [2.45, 2.75) is 20.3 Å². The maximum atomic E-state index is 5.40. The van der Waals surface area contributed by atoms with Crippen molar-refractivity contribution in [1.29, 1.82) is 0 Å². The molecule has 4 heteroatoms. The van der Waals surface area contributed by atoms with Crippen LogP contribution in [0, 0.1) is 6.92 Å². The van der Waals surface area contributed by atoms with E-state index in [4.69, 9.17) is 4.74 Å². The van der Waals surface area contributed by atoms with Crippen molar-refractivity contribution in [1.82, 2.24) is 9.97 Å². The first-order valence-electron chi connectivity index (χ1n) is 6.46. The predicted molar refractivity (Wildman–Crippen MR) is 77.5 cm³/mol. The number of rotatable bonds is 5. The summed E-state index contributed by atoms with van der Waals surface area (Å²) in [6.07, 6.45) is 2.83. The second-order valence-electron chi connectivity index (χ2n) is 4.40. The average molecular weight is 257 g/mol. The Kier molecular flexibility index (Phi) is 4.34. The largest absolute Gasteiger partial charge is 0.496 e. The SMILES string of the molecule is CCCNc1ccnc(-c2ccc(C)cc2OC)n1. The quantitative estimate of drug-likeness (QED) is 0.893. The van der Waals surface area contributed by atoms with Gasteiger partial charge in [-0.1, -0.05) is 13.0 Å². The zero-order valence-electron chi connectivity index (χ0n) is 11.6. The van der Waals surface area contributed by atoms with E-state index in [2.05, 4.69) is 22.2 Å². The summed E-state index contributed by atoms with van der Waals surface area (Å²) in [4.78, 5) is 8.84. The van der Waals surface area contributed by atoms with Crippen molar-refractivity contribution < 1.29 is 4.74 Å². The Bertz CT molecular complexity index is 555. The van der Waals surface area contributed by atoms with Gasteiger partial charge < -0.3 is 10.1 Å². The summed E-state index contributed by atoms with van der Waals surface area (Å²) >= 11 is 0. The highest BCUT2D eigenvalue weighted by Crippen LogP contribution is 2.28. The van der Waals surface area contributed by atoms with Crippen molar-refractivity contribution in [2.24, 2.45) is 0 Å². The number of hydrogen-bond acceptors (Lipinski definition) is 4. The highest BCUT2D eigenvalue weighted by Gasteiger charge is 2.09. The van der Waals surface area contributed by atoms with Gasteiger partial charge in [0.2, 0.25) is 0 Å². The second kappa shape index (κ2) is 6.18. The van der Waals surface area contributed by atoms with E-state index in [1.165, 1.54) is 0 Å². The smallest absolute Gasteiger partial charge is 0.165 e. The molecular formula is C15H19N3O. The molecule has 2 rings (SSSR count).